The fraction of sp³-hybridized carbons (Fsp3) is 0.316. The van der Waals surface area contributed by atoms with E-state index in [0.717, 1.165) is 5.75 Å². The van der Waals surface area contributed by atoms with Crippen LogP contribution in [-0.4, -0.2) is 32.3 Å². The molecule has 2 aromatic rings. The first kappa shape index (κ1) is 17.7. The highest BCUT2D eigenvalue weighted by Crippen LogP contribution is 2.25. The van der Waals surface area contributed by atoms with Crippen molar-refractivity contribution in [1.29, 1.82) is 0 Å². The molecular weight excluding hydrogens is 306 g/mol. The van der Waals surface area contributed by atoms with Gasteiger partial charge in [0.05, 0.1) is 13.2 Å². The zero-order valence-electron chi connectivity index (χ0n) is 14.2. The summed E-state index contributed by atoms with van der Waals surface area (Å²) in [6, 6.07) is 14.9. The minimum absolute atomic E-state index is 0.0742. The molecule has 24 heavy (non-hydrogen) atoms. The lowest BCUT2D eigenvalue weighted by Gasteiger charge is -2.16. The van der Waals surface area contributed by atoms with Gasteiger partial charge in [0.1, 0.15) is 12.4 Å². The first-order chi connectivity index (χ1) is 11.6. The maximum atomic E-state index is 11.9. The molecule has 0 saturated carbocycles. The van der Waals surface area contributed by atoms with Crippen molar-refractivity contribution in [3.8, 4) is 17.2 Å². The summed E-state index contributed by atoms with van der Waals surface area (Å²) in [6.07, 6.45) is 0. The highest BCUT2D eigenvalue weighted by atomic mass is 16.5. The fourth-order valence-electron chi connectivity index (χ4n) is 2.10. The molecular formula is C19H23NO4. The Morgan fingerprint density at radius 3 is 2.38 bits per heavy atom. The van der Waals surface area contributed by atoms with E-state index in [1.54, 1.807) is 19.2 Å². The zero-order valence-corrected chi connectivity index (χ0v) is 14.2. The van der Waals surface area contributed by atoms with Crippen LogP contribution in [0.1, 0.15) is 12.5 Å². The molecule has 2 aromatic carbocycles. The van der Waals surface area contributed by atoms with Gasteiger partial charge in [-0.1, -0.05) is 29.8 Å². The first-order valence-corrected chi connectivity index (χ1v) is 7.83. The third-order valence-corrected chi connectivity index (χ3v) is 3.36. The Labute approximate surface area is 142 Å². The Morgan fingerprint density at radius 1 is 1.04 bits per heavy atom. The number of nitrogens with one attached hydrogen (secondary N) is 1. The van der Waals surface area contributed by atoms with Gasteiger partial charge in [-0.05, 0) is 38.1 Å². The Morgan fingerprint density at radius 2 is 1.71 bits per heavy atom. The van der Waals surface area contributed by atoms with Crippen LogP contribution in [0.2, 0.25) is 0 Å². The molecule has 1 N–H and O–H groups in total. The highest BCUT2D eigenvalue weighted by molar-refractivity contribution is 5.77. The molecule has 5 heteroatoms. The molecule has 0 radical (unpaired) electrons. The van der Waals surface area contributed by atoms with Gasteiger partial charge in [-0.15, -0.1) is 0 Å². The van der Waals surface area contributed by atoms with Gasteiger partial charge in [0.25, 0.3) is 5.91 Å². The molecule has 2 rings (SSSR count). The molecule has 5 nitrogen and oxygen atoms in total. The SMILES string of the molecule is COc1ccccc1OCC(=O)N[C@@H](C)COc1ccc(C)cc1. The van der Waals surface area contributed by atoms with Crippen molar-refractivity contribution < 1.29 is 19.0 Å². The third kappa shape index (κ3) is 5.50. The molecule has 1 atom stereocenters. The number of amides is 1. The highest BCUT2D eigenvalue weighted by Gasteiger charge is 2.10. The second-order valence-electron chi connectivity index (χ2n) is 5.53. The van der Waals surface area contributed by atoms with Gasteiger partial charge in [0.15, 0.2) is 18.1 Å². The Hall–Kier alpha value is -2.69. The second kappa shape index (κ2) is 8.82. The molecule has 128 valence electrons. The Bertz CT molecular complexity index is 655. The monoisotopic (exact) mass is 329 g/mol. The van der Waals surface area contributed by atoms with Gasteiger partial charge < -0.3 is 19.5 Å². The van der Waals surface area contributed by atoms with Crippen LogP contribution in [0.5, 0.6) is 17.2 Å². The van der Waals surface area contributed by atoms with E-state index in [9.17, 15) is 4.79 Å². The van der Waals surface area contributed by atoms with E-state index >= 15 is 0 Å². The van der Waals surface area contributed by atoms with E-state index in [0.29, 0.717) is 18.1 Å². The molecule has 0 aliphatic heterocycles. The maximum absolute atomic E-state index is 11.9. The smallest absolute Gasteiger partial charge is 0.258 e. The summed E-state index contributed by atoms with van der Waals surface area (Å²) in [4.78, 5) is 11.9. The number of carbonyl (C=O) groups excluding carboxylic acids is 1. The van der Waals surface area contributed by atoms with E-state index in [-0.39, 0.29) is 18.6 Å². The van der Waals surface area contributed by atoms with Gasteiger partial charge in [-0.2, -0.15) is 0 Å². The van der Waals surface area contributed by atoms with Crippen molar-refractivity contribution in [2.45, 2.75) is 19.9 Å². The van der Waals surface area contributed by atoms with E-state index in [4.69, 9.17) is 14.2 Å². The maximum Gasteiger partial charge on any atom is 0.258 e. The number of ether oxygens (including phenoxy) is 3. The lowest BCUT2D eigenvalue weighted by Crippen LogP contribution is -2.39. The molecule has 0 spiro atoms. The summed E-state index contributed by atoms with van der Waals surface area (Å²) in [7, 11) is 1.56. The minimum atomic E-state index is -0.207. The summed E-state index contributed by atoms with van der Waals surface area (Å²) in [5.74, 6) is 1.72. The summed E-state index contributed by atoms with van der Waals surface area (Å²) in [5.41, 5.74) is 1.18. The first-order valence-electron chi connectivity index (χ1n) is 7.83. The minimum Gasteiger partial charge on any atom is -0.493 e. The molecule has 0 aliphatic rings. The largest absolute Gasteiger partial charge is 0.493 e. The quantitative estimate of drug-likeness (QED) is 0.809. The van der Waals surface area contributed by atoms with Crippen LogP contribution in [0.3, 0.4) is 0 Å². The van der Waals surface area contributed by atoms with Gasteiger partial charge in [0.2, 0.25) is 0 Å². The predicted molar refractivity (Wildman–Crippen MR) is 92.8 cm³/mol. The molecule has 0 unspecified atom stereocenters. The van der Waals surface area contributed by atoms with Crippen LogP contribution in [0.4, 0.5) is 0 Å². The molecule has 0 aliphatic carbocycles. The lowest BCUT2D eigenvalue weighted by atomic mass is 10.2. The summed E-state index contributed by atoms with van der Waals surface area (Å²) in [5, 5.41) is 2.84. The summed E-state index contributed by atoms with van der Waals surface area (Å²) in [6.45, 7) is 4.22. The van der Waals surface area contributed by atoms with Crippen LogP contribution in [0, 0.1) is 6.92 Å². The van der Waals surface area contributed by atoms with Crippen LogP contribution in [0.15, 0.2) is 48.5 Å². The standard InChI is InChI=1S/C19H23NO4/c1-14-8-10-16(11-9-14)23-12-15(2)20-19(21)13-24-18-7-5-4-6-17(18)22-3/h4-11,15H,12-13H2,1-3H3,(H,20,21)/t15-/m0/s1. The topological polar surface area (TPSA) is 56.8 Å². The number of aryl methyl sites for hydroxylation is 1. The van der Waals surface area contributed by atoms with Crippen LogP contribution >= 0.6 is 0 Å². The number of methoxy groups -OCH3 is 1. The van der Waals surface area contributed by atoms with Crippen molar-refractivity contribution in [3.05, 3.63) is 54.1 Å². The van der Waals surface area contributed by atoms with Crippen molar-refractivity contribution in [3.63, 3.8) is 0 Å². The fourth-order valence-corrected chi connectivity index (χ4v) is 2.10. The lowest BCUT2D eigenvalue weighted by molar-refractivity contribution is -0.123. The van der Waals surface area contributed by atoms with Crippen molar-refractivity contribution >= 4 is 5.91 Å². The van der Waals surface area contributed by atoms with Gasteiger partial charge >= 0.3 is 0 Å². The summed E-state index contributed by atoms with van der Waals surface area (Å²) < 4.78 is 16.3. The van der Waals surface area contributed by atoms with Crippen molar-refractivity contribution in [2.75, 3.05) is 20.3 Å². The second-order valence-corrected chi connectivity index (χ2v) is 5.53. The number of hydrogen-bond acceptors (Lipinski definition) is 4. The number of para-hydroxylation sites is 2. The molecule has 0 fully saturated rings. The zero-order chi connectivity index (χ0) is 17.4. The number of rotatable bonds is 8. The average molecular weight is 329 g/mol. The molecule has 0 bridgehead atoms. The number of hydrogen-bond donors (Lipinski definition) is 1. The average Bonchev–Trinajstić information content (AvgIpc) is 2.59. The predicted octanol–water partition coefficient (Wildman–Crippen LogP) is 2.97. The molecule has 0 saturated heterocycles. The molecule has 0 aromatic heterocycles. The van der Waals surface area contributed by atoms with Crippen molar-refractivity contribution in [2.24, 2.45) is 0 Å². The van der Waals surface area contributed by atoms with Gasteiger partial charge in [-0.25, -0.2) is 0 Å². The van der Waals surface area contributed by atoms with Gasteiger partial charge in [-0.3, -0.25) is 4.79 Å². The van der Waals surface area contributed by atoms with E-state index in [1.807, 2.05) is 50.2 Å². The Kier molecular flexibility index (Phi) is 6.49. The van der Waals surface area contributed by atoms with Crippen LogP contribution in [-0.2, 0) is 4.79 Å². The normalized spacial score (nSPS) is 11.5. The Balaban J connectivity index is 1.74. The van der Waals surface area contributed by atoms with Gasteiger partial charge in [0, 0.05) is 0 Å². The van der Waals surface area contributed by atoms with Crippen LogP contribution in [0.25, 0.3) is 0 Å². The van der Waals surface area contributed by atoms with E-state index in [1.165, 1.54) is 5.56 Å². The van der Waals surface area contributed by atoms with E-state index < -0.39 is 0 Å². The summed E-state index contributed by atoms with van der Waals surface area (Å²) >= 11 is 0. The van der Waals surface area contributed by atoms with Crippen LogP contribution < -0.4 is 19.5 Å². The molecule has 0 heterocycles. The van der Waals surface area contributed by atoms with Crippen molar-refractivity contribution in [1.82, 2.24) is 5.32 Å². The molecule has 1 amide bonds. The third-order valence-electron chi connectivity index (χ3n) is 3.36. The van der Waals surface area contributed by atoms with E-state index in [2.05, 4.69) is 5.32 Å². The number of carbonyl (C=O) groups is 1. The number of benzene rings is 2.